The van der Waals surface area contributed by atoms with Gasteiger partial charge in [0.1, 0.15) is 11.4 Å². The van der Waals surface area contributed by atoms with Crippen molar-refractivity contribution in [3.63, 3.8) is 0 Å². The summed E-state index contributed by atoms with van der Waals surface area (Å²) in [6, 6.07) is 6.96. The zero-order valence-corrected chi connectivity index (χ0v) is 12.5. The van der Waals surface area contributed by atoms with Gasteiger partial charge in [-0.2, -0.15) is 0 Å². The Morgan fingerprint density at radius 1 is 1.35 bits per heavy atom. The topological polar surface area (TPSA) is 41.5 Å². The Bertz CT molecular complexity index is 484. The van der Waals surface area contributed by atoms with Crippen LogP contribution in [0.25, 0.3) is 0 Å². The molecule has 1 aromatic carbocycles. The third-order valence-electron chi connectivity index (χ3n) is 4.37. The Labute approximate surface area is 121 Å². The molecule has 3 heteroatoms. The van der Waals surface area contributed by atoms with Crippen LogP contribution in [0.15, 0.2) is 18.2 Å². The van der Waals surface area contributed by atoms with E-state index in [1.54, 1.807) is 0 Å². The van der Waals surface area contributed by atoms with E-state index in [2.05, 4.69) is 37.4 Å². The molecule has 0 aromatic heterocycles. The molecule has 2 unspecified atom stereocenters. The van der Waals surface area contributed by atoms with Crippen LogP contribution in [0.5, 0.6) is 5.75 Å². The van der Waals surface area contributed by atoms with E-state index in [0.29, 0.717) is 6.04 Å². The lowest BCUT2D eigenvalue weighted by Gasteiger charge is -2.26. The van der Waals surface area contributed by atoms with Crippen molar-refractivity contribution in [1.29, 1.82) is 0 Å². The van der Waals surface area contributed by atoms with Gasteiger partial charge in [-0.15, -0.1) is 0 Å². The van der Waals surface area contributed by atoms with Gasteiger partial charge in [-0.05, 0) is 56.7 Å². The minimum Gasteiger partial charge on any atom is -0.487 e. The fourth-order valence-electron chi connectivity index (χ4n) is 3.38. The van der Waals surface area contributed by atoms with Crippen molar-refractivity contribution >= 4 is 0 Å². The van der Waals surface area contributed by atoms with Crippen molar-refractivity contribution in [2.75, 3.05) is 0 Å². The first-order valence-electron chi connectivity index (χ1n) is 7.74. The van der Waals surface area contributed by atoms with Crippen LogP contribution in [0.1, 0.15) is 50.7 Å². The molecule has 0 bridgehead atoms. The summed E-state index contributed by atoms with van der Waals surface area (Å²) in [6.07, 6.45) is 5.03. The molecule has 0 amide bonds. The number of hydrogen-bond acceptors (Lipinski definition) is 3. The molecular weight excluding hydrogens is 250 g/mol. The zero-order valence-electron chi connectivity index (χ0n) is 12.5. The van der Waals surface area contributed by atoms with Crippen LogP contribution in [0.2, 0.25) is 0 Å². The maximum absolute atomic E-state index is 9.70. The van der Waals surface area contributed by atoms with E-state index in [1.807, 2.05) is 0 Å². The minimum atomic E-state index is -0.115. The smallest absolute Gasteiger partial charge is 0.123 e. The van der Waals surface area contributed by atoms with Gasteiger partial charge < -0.3 is 15.2 Å². The number of aliphatic hydroxyl groups is 1. The largest absolute Gasteiger partial charge is 0.487 e. The second-order valence-electron chi connectivity index (χ2n) is 6.88. The first kappa shape index (κ1) is 13.9. The average Bonchev–Trinajstić information content (AvgIpc) is 2.69. The molecule has 1 fully saturated rings. The lowest BCUT2D eigenvalue weighted by Crippen LogP contribution is -2.35. The van der Waals surface area contributed by atoms with Crippen LogP contribution in [0.4, 0.5) is 0 Å². The number of fused-ring (bicyclic) bond motifs is 1. The van der Waals surface area contributed by atoms with Gasteiger partial charge in [0.15, 0.2) is 0 Å². The van der Waals surface area contributed by atoms with E-state index in [-0.39, 0.29) is 11.7 Å². The summed E-state index contributed by atoms with van der Waals surface area (Å²) in [5, 5.41) is 13.3. The Balaban J connectivity index is 1.59. The number of benzene rings is 1. The summed E-state index contributed by atoms with van der Waals surface area (Å²) in [4.78, 5) is 0. The Morgan fingerprint density at radius 2 is 2.20 bits per heavy atom. The molecule has 3 nitrogen and oxygen atoms in total. The first-order chi connectivity index (χ1) is 9.52. The maximum atomic E-state index is 9.70. The van der Waals surface area contributed by atoms with Crippen LogP contribution in [-0.2, 0) is 13.0 Å². The average molecular weight is 275 g/mol. The molecule has 1 aromatic rings. The van der Waals surface area contributed by atoms with Crippen molar-refractivity contribution in [1.82, 2.24) is 5.32 Å². The second-order valence-corrected chi connectivity index (χ2v) is 6.88. The molecule has 0 spiro atoms. The molecule has 0 saturated heterocycles. The van der Waals surface area contributed by atoms with E-state index >= 15 is 0 Å². The van der Waals surface area contributed by atoms with E-state index in [1.165, 1.54) is 17.5 Å². The Hall–Kier alpha value is -1.06. The van der Waals surface area contributed by atoms with Gasteiger partial charge >= 0.3 is 0 Å². The van der Waals surface area contributed by atoms with Crippen molar-refractivity contribution in [3.05, 3.63) is 29.3 Å². The monoisotopic (exact) mass is 275 g/mol. The van der Waals surface area contributed by atoms with E-state index < -0.39 is 0 Å². The summed E-state index contributed by atoms with van der Waals surface area (Å²) >= 11 is 0. The van der Waals surface area contributed by atoms with Gasteiger partial charge in [0, 0.05) is 19.0 Å². The van der Waals surface area contributed by atoms with Crippen LogP contribution < -0.4 is 10.1 Å². The lowest BCUT2D eigenvalue weighted by atomic mass is 9.93. The van der Waals surface area contributed by atoms with Crippen LogP contribution in [0.3, 0.4) is 0 Å². The molecule has 1 aliphatic carbocycles. The molecule has 2 aliphatic rings. The predicted molar refractivity (Wildman–Crippen MR) is 80.0 cm³/mol. The lowest BCUT2D eigenvalue weighted by molar-refractivity contribution is 0.111. The van der Waals surface area contributed by atoms with Gasteiger partial charge in [0.2, 0.25) is 0 Å². The van der Waals surface area contributed by atoms with E-state index in [0.717, 1.165) is 38.0 Å². The normalized spacial score (nSPS) is 27.9. The predicted octanol–water partition coefficient (Wildman–Crippen LogP) is 2.79. The van der Waals surface area contributed by atoms with E-state index in [9.17, 15) is 5.11 Å². The van der Waals surface area contributed by atoms with E-state index in [4.69, 9.17) is 4.74 Å². The summed E-state index contributed by atoms with van der Waals surface area (Å²) in [6.45, 7) is 5.15. The van der Waals surface area contributed by atoms with Crippen molar-refractivity contribution < 1.29 is 9.84 Å². The van der Waals surface area contributed by atoms with Crippen molar-refractivity contribution in [2.45, 2.75) is 70.2 Å². The van der Waals surface area contributed by atoms with Gasteiger partial charge in [0.05, 0.1) is 6.10 Å². The fraction of sp³-hybridized carbons (Fsp3) is 0.647. The fourth-order valence-corrected chi connectivity index (χ4v) is 3.38. The highest BCUT2D eigenvalue weighted by atomic mass is 16.5. The minimum absolute atomic E-state index is 0.0676. The molecule has 20 heavy (non-hydrogen) atoms. The number of rotatable bonds is 3. The highest BCUT2D eigenvalue weighted by Crippen LogP contribution is 2.35. The quantitative estimate of drug-likeness (QED) is 0.891. The molecule has 3 rings (SSSR count). The van der Waals surface area contributed by atoms with Crippen LogP contribution in [-0.4, -0.2) is 22.9 Å². The molecule has 1 heterocycles. The van der Waals surface area contributed by atoms with Crippen LogP contribution >= 0.6 is 0 Å². The molecular formula is C17H25NO2. The second kappa shape index (κ2) is 5.38. The Kier molecular flexibility index (Phi) is 3.74. The first-order valence-corrected chi connectivity index (χ1v) is 7.74. The SMILES string of the molecule is CC1(C)Cc2cc(CNC3CCCC(O)C3)ccc2O1. The molecule has 2 atom stereocenters. The highest BCUT2D eigenvalue weighted by molar-refractivity contribution is 5.41. The number of aliphatic hydroxyl groups excluding tert-OH is 1. The van der Waals surface area contributed by atoms with Gasteiger partial charge in [-0.3, -0.25) is 0 Å². The maximum Gasteiger partial charge on any atom is 0.123 e. The number of ether oxygens (including phenoxy) is 1. The molecule has 0 radical (unpaired) electrons. The van der Waals surface area contributed by atoms with Gasteiger partial charge in [-0.25, -0.2) is 0 Å². The molecule has 2 N–H and O–H groups in total. The third-order valence-corrected chi connectivity index (χ3v) is 4.37. The van der Waals surface area contributed by atoms with Gasteiger partial charge in [0.25, 0.3) is 0 Å². The number of nitrogens with one attached hydrogen (secondary N) is 1. The summed E-state index contributed by atoms with van der Waals surface area (Å²) in [5.74, 6) is 1.03. The molecule has 1 aliphatic heterocycles. The van der Waals surface area contributed by atoms with Crippen molar-refractivity contribution in [2.24, 2.45) is 0 Å². The summed E-state index contributed by atoms with van der Waals surface area (Å²) < 4.78 is 5.90. The summed E-state index contributed by atoms with van der Waals surface area (Å²) in [5.41, 5.74) is 2.56. The Morgan fingerprint density at radius 3 is 3.00 bits per heavy atom. The molecule has 1 saturated carbocycles. The highest BCUT2D eigenvalue weighted by Gasteiger charge is 2.29. The standard InChI is InChI=1S/C17H25NO2/c1-17(2)10-13-8-12(6-7-16(13)20-17)11-18-14-4-3-5-15(19)9-14/h6-8,14-15,18-19H,3-5,9-11H2,1-2H3. The molecule has 110 valence electrons. The van der Waals surface area contributed by atoms with Crippen LogP contribution in [0, 0.1) is 0 Å². The summed E-state index contributed by atoms with van der Waals surface area (Å²) in [7, 11) is 0. The zero-order chi connectivity index (χ0) is 14.2. The third kappa shape index (κ3) is 3.15. The number of hydrogen-bond donors (Lipinski definition) is 2. The van der Waals surface area contributed by atoms with Crippen molar-refractivity contribution in [3.8, 4) is 5.75 Å². The van der Waals surface area contributed by atoms with Gasteiger partial charge in [-0.1, -0.05) is 12.1 Å².